The van der Waals surface area contributed by atoms with Gasteiger partial charge in [-0.15, -0.1) is 0 Å². The number of rotatable bonds is 6. The molecule has 404 valence electrons. The normalized spacial score (nSPS) is 13.7. The van der Waals surface area contributed by atoms with E-state index in [9.17, 15) is 0 Å². The summed E-state index contributed by atoms with van der Waals surface area (Å²) in [6, 6.07) is 83.4. The Labute approximate surface area is 484 Å². The second-order valence-electron chi connectivity index (χ2n) is 27.4. The highest BCUT2D eigenvalue weighted by Crippen LogP contribution is 2.66. The number of anilines is 6. The predicted molar refractivity (Wildman–Crippen MR) is 349 cm³/mol. The molecule has 0 N–H and O–H groups in total. The number of hydrogen-bond acceptors (Lipinski definition) is 3. The van der Waals surface area contributed by atoms with Gasteiger partial charge in [-0.3, -0.25) is 0 Å². The number of hydrogen-bond donors (Lipinski definition) is 0. The number of para-hydroxylation sites is 1. The smallest absolute Gasteiger partial charge is 0.136 e. The first-order valence-corrected chi connectivity index (χ1v) is 29.4. The molecule has 0 saturated heterocycles. The molecule has 0 unspecified atom stereocenters. The van der Waals surface area contributed by atoms with Crippen molar-refractivity contribution in [3.05, 3.63) is 263 Å². The molecule has 0 aliphatic heterocycles. The fraction of sp³-hybridized carbons (Fsp3) is 0.215. The fourth-order valence-electron chi connectivity index (χ4n) is 13.7. The van der Waals surface area contributed by atoms with E-state index in [0.29, 0.717) is 0 Å². The van der Waals surface area contributed by atoms with Gasteiger partial charge in [0.15, 0.2) is 0 Å². The lowest BCUT2D eigenvalue weighted by Crippen LogP contribution is -2.26. The summed E-state index contributed by atoms with van der Waals surface area (Å²) in [6.07, 6.45) is 0. The molecule has 1 spiro atoms. The van der Waals surface area contributed by atoms with Crippen LogP contribution in [0.2, 0.25) is 0 Å². The highest BCUT2D eigenvalue weighted by atomic mass is 16.3. The van der Waals surface area contributed by atoms with Crippen molar-refractivity contribution in [2.75, 3.05) is 9.80 Å². The van der Waals surface area contributed by atoms with Crippen molar-refractivity contribution in [1.29, 1.82) is 0 Å². The highest BCUT2D eigenvalue weighted by Gasteiger charge is 2.53. The lowest BCUT2D eigenvalue weighted by atomic mass is 9.69. The lowest BCUT2D eigenvalue weighted by molar-refractivity contribution is 0.590. The van der Waals surface area contributed by atoms with Crippen molar-refractivity contribution in [2.45, 2.75) is 110 Å². The van der Waals surface area contributed by atoms with E-state index in [1.165, 1.54) is 88.3 Å². The Balaban J connectivity index is 1.08. The summed E-state index contributed by atoms with van der Waals surface area (Å²) in [5.41, 5.74) is 23.3. The number of nitrogens with zero attached hydrogens (tertiary/aromatic N) is 2. The molecule has 1 heterocycles. The molecule has 1 aromatic heterocycles. The first-order chi connectivity index (χ1) is 39.2. The summed E-state index contributed by atoms with van der Waals surface area (Å²) < 4.78 is 6.90. The van der Waals surface area contributed by atoms with Crippen LogP contribution in [-0.2, 0) is 27.1 Å². The molecule has 0 atom stereocenters. The van der Waals surface area contributed by atoms with Gasteiger partial charge in [-0.05, 0) is 190 Å². The van der Waals surface area contributed by atoms with Crippen LogP contribution in [-0.4, -0.2) is 0 Å². The van der Waals surface area contributed by atoms with Crippen molar-refractivity contribution in [3.8, 4) is 22.3 Å². The van der Waals surface area contributed by atoms with Gasteiger partial charge in [0.05, 0.1) is 11.1 Å². The van der Waals surface area contributed by atoms with Gasteiger partial charge in [-0.25, -0.2) is 0 Å². The summed E-state index contributed by atoms with van der Waals surface area (Å²) in [7, 11) is 0. The Bertz CT molecular complexity index is 4350. The molecule has 2 aliphatic carbocycles. The maximum Gasteiger partial charge on any atom is 0.136 e. The van der Waals surface area contributed by atoms with Gasteiger partial charge < -0.3 is 14.2 Å². The van der Waals surface area contributed by atoms with Crippen LogP contribution in [0.3, 0.4) is 0 Å². The molecule has 0 amide bonds. The highest BCUT2D eigenvalue weighted by molar-refractivity contribution is 6.20. The minimum atomic E-state index is -0.687. The summed E-state index contributed by atoms with van der Waals surface area (Å²) >= 11 is 0. The predicted octanol–water partition coefficient (Wildman–Crippen LogP) is 22.4. The molecule has 11 aromatic carbocycles. The monoisotopic (exact) mass is 1060 g/mol. The van der Waals surface area contributed by atoms with E-state index in [0.717, 1.165) is 56.1 Å². The molecule has 2 aliphatic rings. The Hall–Kier alpha value is -8.66. The van der Waals surface area contributed by atoms with Crippen molar-refractivity contribution < 1.29 is 4.42 Å². The van der Waals surface area contributed by atoms with Crippen LogP contribution in [0.25, 0.3) is 65.7 Å². The van der Waals surface area contributed by atoms with E-state index in [1.807, 2.05) is 0 Å². The van der Waals surface area contributed by atoms with E-state index in [4.69, 9.17) is 4.42 Å². The maximum atomic E-state index is 6.90. The van der Waals surface area contributed by atoms with Crippen LogP contribution >= 0.6 is 0 Å². The molecule has 3 nitrogen and oxygen atoms in total. The molecule has 0 bridgehead atoms. The topological polar surface area (TPSA) is 19.6 Å². The van der Waals surface area contributed by atoms with Gasteiger partial charge >= 0.3 is 0 Å². The molecule has 0 radical (unpaired) electrons. The zero-order chi connectivity index (χ0) is 56.8. The molecular formula is C79H72N2O. The van der Waals surface area contributed by atoms with E-state index in [-0.39, 0.29) is 21.7 Å². The maximum absolute atomic E-state index is 6.90. The molecule has 0 saturated carbocycles. The summed E-state index contributed by atoms with van der Waals surface area (Å²) in [5, 5.41) is 6.99. The number of furan rings is 1. The standard InChI is InChI=1S/C79H72N2O/c1-75(2,3)50-26-34-54(35-27-50)80(55-36-28-51(29-37-55)76(4,5)6)58-42-44-59-49(45-58)25-43-63-73-66-47-72-65(62-21-15-18-24-71(62)82-72)46-64(66)70(48-69(73)79(74(59)63)67-22-16-13-19-60(67)61-20-14-17-23-68(61)79)81(56-38-30-52(31-39-56)77(7,8)9)57-40-32-53(33-41-57)78(10,11)12/h13-48H,1-12H3. The third-order valence-electron chi connectivity index (χ3n) is 18.1. The van der Waals surface area contributed by atoms with Gasteiger partial charge in [0.25, 0.3) is 0 Å². The van der Waals surface area contributed by atoms with Crippen LogP contribution in [0.1, 0.15) is 128 Å². The first kappa shape index (κ1) is 51.5. The SMILES string of the molecule is CC(C)(C)c1ccc(N(c2ccc(C(C)(C)C)cc2)c2ccc3c4c(ccc3c2)-c2c(cc(N(c3ccc(C(C)(C)C)cc3)c3ccc(C(C)(C)C)cc3)c3cc5c(cc23)oc2ccccc25)C42c3ccccc3-c3ccccc32)cc1. The van der Waals surface area contributed by atoms with Gasteiger partial charge in [-0.1, -0.05) is 217 Å². The zero-order valence-electron chi connectivity index (χ0n) is 49.6. The van der Waals surface area contributed by atoms with Crippen LogP contribution in [0.4, 0.5) is 34.1 Å². The Morgan fingerprint density at radius 1 is 0.305 bits per heavy atom. The van der Waals surface area contributed by atoms with Gasteiger partial charge in [0, 0.05) is 44.6 Å². The Morgan fingerprint density at radius 2 is 0.756 bits per heavy atom. The third kappa shape index (κ3) is 7.98. The zero-order valence-corrected chi connectivity index (χ0v) is 49.6. The minimum absolute atomic E-state index is 0.00936. The molecule has 0 fully saturated rings. The average molecular weight is 1070 g/mol. The summed E-state index contributed by atoms with van der Waals surface area (Å²) in [5.74, 6) is 0. The van der Waals surface area contributed by atoms with Crippen LogP contribution in [0.5, 0.6) is 0 Å². The second kappa shape index (κ2) is 18.2. The lowest BCUT2D eigenvalue weighted by Gasteiger charge is -2.34. The van der Waals surface area contributed by atoms with E-state index in [2.05, 4.69) is 311 Å². The third-order valence-corrected chi connectivity index (χ3v) is 18.1. The Kier molecular flexibility index (Phi) is 11.4. The van der Waals surface area contributed by atoms with Crippen molar-refractivity contribution in [2.24, 2.45) is 0 Å². The first-order valence-electron chi connectivity index (χ1n) is 29.4. The largest absolute Gasteiger partial charge is 0.456 e. The molecule has 3 heteroatoms. The summed E-state index contributed by atoms with van der Waals surface area (Å²) in [4.78, 5) is 4.96. The van der Waals surface area contributed by atoms with E-state index < -0.39 is 5.41 Å². The van der Waals surface area contributed by atoms with Gasteiger partial charge in [0.1, 0.15) is 11.2 Å². The summed E-state index contributed by atoms with van der Waals surface area (Å²) in [6.45, 7) is 27.5. The Morgan fingerprint density at radius 3 is 1.26 bits per heavy atom. The van der Waals surface area contributed by atoms with Crippen molar-refractivity contribution >= 4 is 77.6 Å². The number of benzene rings is 11. The van der Waals surface area contributed by atoms with Crippen molar-refractivity contribution in [3.63, 3.8) is 0 Å². The van der Waals surface area contributed by atoms with Crippen molar-refractivity contribution in [1.82, 2.24) is 0 Å². The molecule has 14 rings (SSSR count). The fourth-order valence-corrected chi connectivity index (χ4v) is 13.7. The second-order valence-corrected chi connectivity index (χ2v) is 27.4. The van der Waals surface area contributed by atoms with Crippen LogP contribution in [0.15, 0.2) is 223 Å². The minimum Gasteiger partial charge on any atom is -0.456 e. The van der Waals surface area contributed by atoms with E-state index in [1.54, 1.807) is 0 Å². The number of fused-ring (bicyclic) bond motifs is 17. The van der Waals surface area contributed by atoms with Crippen LogP contribution < -0.4 is 9.80 Å². The van der Waals surface area contributed by atoms with Gasteiger partial charge in [0.2, 0.25) is 0 Å². The van der Waals surface area contributed by atoms with Gasteiger partial charge in [-0.2, -0.15) is 0 Å². The average Bonchev–Trinajstić information content (AvgIpc) is 2.63. The molecule has 82 heavy (non-hydrogen) atoms. The quantitative estimate of drug-likeness (QED) is 0.165. The van der Waals surface area contributed by atoms with E-state index >= 15 is 0 Å². The molecule has 12 aromatic rings. The van der Waals surface area contributed by atoms with Crippen LogP contribution in [0, 0.1) is 0 Å². The molecular weight excluding hydrogens is 993 g/mol.